The van der Waals surface area contributed by atoms with E-state index in [1.807, 2.05) is 62.0 Å². The third-order valence-electron chi connectivity index (χ3n) is 13.7. The molecule has 21 nitrogen and oxygen atoms in total. The SMILES string of the molecule is Cc1ncsc1-c1ccc(CNC(=O)C2CCCN2C(=O)C(NC(=O)COCCOCCOCC(=O)NCCCCn2cnc(-c3cnc(OC4CCN(C(=O)Cc5ccc(OC(F)(F)F)cc5)C[C@H]4F)c(C(N)=O)c3)c2)C(C)(C)C)cc1. The van der Waals surface area contributed by atoms with Gasteiger partial charge < -0.3 is 59.7 Å². The predicted molar refractivity (Wildman–Crippen MR) is 296 cm³/mol. The summed E-state index contributed by atoms with van der Waals surface area (Å²) in [5.41, 5.74) is 11.1. The number of nitrogens with one attached hydrogen (secondary N) is 3. The maximum Gasteiger partial charge on any atom is 0.573 e. The Morgan fingerprint density at radius 3 is 2.19 bits per heavy atom. The summed E-state index contributed by atoms with van der Waals surface area (Å²) < 4.78 is 80.8. The van der Waals surface area contributed by atoms with E-state index in [-0.39, 0.29) is 94.7 Å². The van der Waals surface area contributed by atoms with Crippen LogP contribution in [0, 0.1) is 12.3 Å². The number of aryl methyl sites for hydroxylation is 2. The highest BCUT2D eigenvalue weighted by atomic mass is 32.1. The first kappa shape index (κ1) is 63.0. The second-order valence-electron chi connectivity index (χ2n) is 21.1. The highest BCUT2D eigenvalue weighted by Gasteiger charge is 2.42. The molecule has 5 N–H and O–H groups in total. The lowest BCUT2D eigenvalue weighted by atomic mass is 9.85. The topological polar surface area (TPSA) is 261 Å². The van der Waals surface area contributed by atoms with E-state index >= 15 is 4.39 Å². The largest absolute Gasteiger partial charge is 0.573 e. The molecule has 4 atom stereocenters. The van der Waals surface area contributed by atoms with Crippen molar-refractivity contribution < 1.29 is 70.0 Å². The van der Waals surface area contributed by atoms with Gasteiger partial charge in [-0.05, 0) is 72.9 Å². The van der Waals surface area contributed by atoms with E-state index in [1.165, 1.54) is 29.3 Å². The molecule has 83 heavy (non-hydrogen) atoms. The molecule has 448 valence electrons. The van der Waals surface area contributed by atoms with E-state index in [0.717, 1.165) is 33.8 Å². The minimum Gasteiger partial charge on any atom is -0.471 e. The number of unbranched alkanes of at least 4 members (excludes halogenated alkanes) is 1. The van der Waals surface area contributed by atoms with Crippen molar-refractivity contribution in [3.05, 3.63) is 101 Å². The van der Waals surface area contributed by atoms with Crippen molar-refractivity contribution in [1.82, 2.24) is 45.3 Å². The Kier molecular flexibility index (Phi) is 22.5. The third-order valence-corrected chi connectivity index (χ3v) is 14.7. The number of nitrogens with zero attached hydrogens (tertiary/aromatic N) is 6. The van der Waals surface area contributed by atoms with Crippen LogP contribution in [0.3, 0.4) is 0 Å². The number of carbonyl (C=O) groups is 6. The summed E-state index contributed by atoms with van der Waals surface area (Å²) in [4.78, 5) is 95.0. The van der Waals surface area contributed by atoms with E-state index in [1.54, 1.807) is 28.8 Å². The van der Waals surface area contributed by atoms with Crippen LogP contribution in [0.15, 0.2) is 78.8 Å². The second kappa shape index (κ2) is 29.6. The molecule has 0 aliphatic carbocycles. The van der Waals surface area contributed by atoms with Gasteiger partial charge in [0, 0.05) is 57.1 Å². The zero-order valence-electron chi connectivity index (χ0n) is 46.7. The van der Waals surface area contributed by atoms with Crippen LogP contribution in [0.2, 0.25) is 0 Å². The Morgan fingerprint density at radius 2 is 1.53 bits per heavy atom. The first-order chi connectivity index (χ1) is 39.6. The van der Waals surface area contributed by atoms with Gasteiger partial charge in [-0.3, -0.25) is 28.8 Å². The number of carbonyl (C=O) groups excluding carboxylic acids is 6. The summed E-state index contributed by atoms with van der Waals surface area (Å²) in [6.45, 7) is 9.14. The van der Waals surface area contributed by atoms with Crippen molar-refractivity contribution in [2.45, 2.75) is 110 Å². The summed E-state index contributed by atoms with van der Waals surface area (Å²) in [5.74, 6) is -3.23. The van der Waals surface area contributed by atoms with Crippen molar-refractivity contribution >= 4 is 46.8 Å². The van der Waals surface area contributed by atoms with Gasteiger partial charge in [0.05, 0.1) is 67.5 Å². The maximum absolute atomic E-state index is 15.4. The van der Waals surface area contributed by atoms with Crippen LogP contribution in [-0.4, -0.2) is 161 Å². The van der Waals surface area contributed by atoms with Gasteiger partial charge in [-0.2, -0.15) is 0 Å². The van der Waals surface area contributed by atoms with Crippen LogP contribution < -0.4 is 31.2 Å². The molecule has 7 rings (SSSR count). The summed E-state index contributed by atoms with van der Waals surface area (Å²) >= 11 is 1.57. The fourth-order valence-corrected chi connectivity index (χ4v) is 10.1. The number of piperidine rings is 1. The summed E-state index contributed by atoms with van der Waals surface area (Å²) in [6.07, 6.45) is -0.324. The number of thiazole rings is 1. The molecule has 6 amide bonds. The normalized spacial score (nSPS) is 16.7. The highest BCUT2D eigenvalue weighted by molar-refractivity contribution is 7.13. The van der Waals surface area contributed by atoms with Gasteiger partial charge in [-0.25, -0.2) is 19.3 Å². The minimum absolute atomic E-state index is 0.0711. The average molecular weight is 1180 g/mol. The standard InChI is InChI=1S/C57H70F4N10O11S/c1-36-50(83-35-67-36)39-13-9-38(10-14-39)28-64-53(76)45-8-7-20-71(45)55(77)51(56(2,3)4)68-48(73)33-80-25-23-78-22-24-79-32-47(72)63-18-5-6-19-69-31-44(66-34-69)40-27-42(52(62)75)54(65-29-40)81-46-17-21-70(30-43(46)58)49(74)26-37-11-15-41(16-12-37)82-57(59,60)61/h9-16,27,29,31,34-35,43,45-46,51H,5-8,17-26,28,30,32-33H2,1-4H3,(H2,62,75)(H,63,72)(H,64,76)(H,68,73)/t43-,45?,46?,51?/m1/s1. The molecule has 26 heteroatoms. The lowest BCUT2D eigenvalue weighted by Crippen LogP contribution is -2.58. The molecule has 2 saturated heterocycles. The number of amides is 6. The van der Waals surface area contributed by atoms with Gasteiger partial charge in [-0.15, -0.1) is 24.5 Å². The number of ether oxygens (including phenoxy) is 5. The van der Waals surface area contributed by atoms with Gasteiger partial charge in [0.2, 0.25) is 35.4 Å². The van der Waals surface area contributed by atoms with Crippen LogP contribution in [0.25, 0.3) is 21.7 Å². The fraction of sp³-hybridized carbons (Fsp3) is 0.491. The van der Waals surface area contributed by atoms with E-state index in [4.69, 9.17) is 24.7 Å². The first-order valence-electron chi connectivity index (χ1n) is 27.2. The molecule has 2 aliphatic heterocycles. The molecule has 0 radical (unpaired) electrons. The fourth-order valence-electron chi connectivity index (χ4n) is 9.32. The van der Waals surface area contributed by atoms with E-state index in [0.29, 0.717) is 68.7 Å². The average Bonchev–Trinajstić information content (AvgIpc) is 4.46. The van der Waals surface area contributed by atoms with Crippen LogP contribution >= 0.6 is 11.3 Å². The number of imidazole rings is 1. The molecule has 2 fully saturated rings. The maximum atomic E-state index is 15.4. The van der Waals surface area contributed by atoms with Crippen molar-refractivity contribution in [2.24, 2.45) is 11.1 Å². The Morgan fingerprint density at radius 1 is 0.831 bits per heavy atom. The zero-order valence-corrected chi connectivity index (χ0v) is 47.5. The molecule has 0 bridgehead atoms. The van der Waals surface area contributed by atoms with Crippen molar-refractivity contribution in [3.8, 4) is 33.3 Å². The number of hydrogen-bond donors (Lipinski definition) is 4. The molecule has 5 aromatic rings. The molecule has 0 spiro atoms. The quantitative estimate of drug-likeness (QED) is 0.0345. The zero-order chi connectivity index (χ0) is 59.7. The Labute approximate surface area is 481 Å². The third kappa shape index (κ3) is 19.0. The summed E-state index contributed by atoms with van der Waals surface area (Å²) in [6, 6.07) is 12.7. The number of alkyl halides is 4. The van der Waals surface area contributed by atoms with Crippen molar-refractivity contribution in [1.29, 1.82) is 0 Å². The van der Waals surface area contributed by atoms with Crippen molar-refractivity contribution in [3.63, 3.8) is 0 Å². The van der Waals surface area contributed by atoms with Crippen LogP contribution in [-0.2, 0) is 57.7 Å². The van der Waals surface area contributed by atoms with Crippen molar-refractivity contribution in [2.75, 3.05) is 65.8 Å². The lowest BCUT2D eigenvalue weighted by Gasteiger charge is -2.35. The number of primary amides is 1. The van der Waals surface area contributed by atoms with E-state index < -0.39 is 59.6 Å². The second-order valence-corrected chi connectivity index (χ2v) is 22.0. The molecule has 3 unspecified atom stereocenters. The Bertz CT molecular complexity index is 2990. The molecular formula is C57H70F4N10O11S. The highest BCUT2D eigenvalue weighted by Crippen LogP contribution is 2.31. The molecule has 0 saturated carbocycles. The number of pyridine rings is 1. The number of aromatic nitrogens is 4. The number of nitrogens with two attached hydrogens (primary N) is 1. The molecule has 5 heterocycles. The number of likely N-dealkylation sites (tertiary alicyclic amines) is 2. The number of halogens is 4. The van der Waals surface area contributed by atoms with Gasteiger partial charge in [-0.1, -0.05) is 57.2 Å². The number of benzene rings is 2. The van der Waals surface area contributed by atoms with Gasteiger partial charge in [0.25, 0.3) is 5.91 Å². The summed E-state index contributed by atoms with van der Waals surface area (Å²) in [5, 5.41) is 8.62. The Balaban J connectivity index is 0.719. The lowest BCUT2D eigenvalue weighted by molar-refractivity contribution is -0.274. The van der Waals surface area contributed by atoms with E-state index in [2.05, 4.69) is 35.6 Å². The summed E-state index contributed by atoms with van der Waals surface area (Å²) in [7, 11) is 0. The molecule has 2 aliphatic rings. The van der Waals surface area contributed by atoms with Crippen LogP contribution in [0.4, 0.5) is 17.6 Å². The van der Waals surface area contributed by atoms with Gasteiger partial charge in [0.1, 0.15) is 42.7 Å². The smallest absolute Gasteiger partial charge is 0.471 e. The van der Waals surface area contributed by atoms with E-state index in [9.17, 15) is 41.9 Å². The van der Waals surface area contributed by atoms with Crippen LogP contribution in [0.1, 0.15) is 80.1 Å². The first-order valence-corrected chi connectivity index (χ1v) is 28.1. The van der Waals surface area contributed by atoms with Gasteiger partial charge in [0.15, 0.2) is 6.17 Å². The molecule has 2 aromatic carbocycles. The van der Waals surface area contributed by atoms with Crippen LogP contribution in [0.5, 0.6) is 11.6 Å². The monoisotopic (exact) mass is 1180 g/mol. The molecule has 3 aromatic heterocycles. The van der Waals surface area contributed by atoms with Gasteiger partial charge >= 0.3 is 6.36 Å². The predicted octanol–water partition coefficient (Wildman–Crippen LogP) is 5.72. The minimum atomic E-state index is -4.85. The number of hydrogen-bond acceptors (Lipinski definition) is 15. The number of rotatable bonds is 28. The Hall–Kier alpha value is -7.55. The molecular weight excluding hydrogens is 1110 g/mol.